The first-order chi connectivity index (χ1) is 10.4. The summed E-state index contributed by atoms with van der Waals surface area (Å²) in [6, 6.07) is 10.9. The van der Waals surface area contributed by atoms with Gasteiger partial charge in [0.2, 0.25) is 0 Å². The minimum Gasteiger partial charge on any atom is -0.492 e. The molecule has 0 atom stereocenters. The lowest BCUT2D eigenvalue weighted by molar-refractivity contribution is 0.0697. The van der Waals surface area contributed by atoms with Gasteiger partial charge in [0.1, 0.15) is 5.75 Å². The fraction of sp³-hybridized carbons (Fsp3) is 0.278. The predicted molar refractivity (Wildman–Crippen MR) is 86.4 cm³/mol. The van der Waals surface area contributed by atoms with E-state index in [0.29, 0.717) is 6.61 Å². The molecule has 2 N–H and O–H groups in total. The minimum atomic E-state index is -0.918. The lowest BCUT2D eigenvalue weighted by Crippen LogP contribution is -2.18. The minimum absolute atomic E-state index is 0.00491. The second-order valence-electron chi connectivity index (χ2n) is 6.35. The summed E-state index contributed by atoms with van der Waals surface area (Å²) >= 11 is 0. The van der Waals surface area contributed by atoms with Gasteiger partial charge in [-0.3, -0.25) is 0 Å². The van der Waals surface area contributed by atoms with Crippen LogP contribution in [0.1, 0.15) is 35.3 Å². The zero-order valence-corrected chi connectivity index (χ0v) is 12.9. The Bertz CT molecular complexity index is 733. The monoisotopic (exact) mass is 297 g/mol. The third-order valence-electron chi connectivity index (χ3n) is 4.00. The van der Waals surface area contributed by atoms with Gasteiger partial charge in [0.25, 0.3) is 0 Å². The number of nitrogens with one attached hydrogen (secondary N) is 1. The van der Waals surface area contributed by atoms with Crippen LogP contribution in [-0.2, 0) is 5.41 Å². The number of aryl methyl sites for hydroxylation is 1. The first-order valence-corrected chi connectivity index (χ1v) is 7.25. The van der Waals surface area contributed by atoms with Gasteiger partial charge in [-0.2, -0.15) is 0 Å². The number of benzene rings is 2. The van der Waals surface area contributed by atoms with Crippen LogP contribution in [-0.4, -0.2) is 17.7 Å². The second kappa shape index (κ2) is 5.05. The second-order valence-corrected chi connectivity index (χ2v) is 6.35. The summed E-state index contributed by atoms with van der Waals surface area (Å²) in [5.74, 6) is 0.0654. The molecule has 114 valence electrons. The van der Waals surface area contributed by atoms with E-state index in [1.807, 2.05) is 13.0 Å². The fourth-order valence-electron chi connectivity index (χ4n) is 2.73. The normalized spacial score (nSPS) is 15.0. The maximum absolute atomic E-state index is 10.9. The highest BCUT2D eigenvalue weighted by atomic mass is 16.5. The third-order valence-corrected chi connectivity index (χ3v) is 4.00. The van der Waals surface area contributed by atoms with Crippen molar-refractivity contribution < 1.29 is 14.6 Å². The Morgan fingerprint density at radius 3 is 2.50 bits per heavy atom. The predicted octanol–water partition coefficient (Wildman–Crippen LogP) is 4.11. The average molecular weight is 297 g/mol. The molecule has 0 unspecified atom stereocenters. The molecular weight excluding hydrogens is 278 g/mol. The number of aromatic carboxylic acids is 1. The Morgan fingerprint density at radius 1 is 1.18 bits per heavy atom. The molecule has 4 heteroatoms. The molecule has 0 aromatic heterocycles. The summed E-state index contributed by atoms with van der Waals surface area (Å²) in [6.45, 7) is 7.08. The summed E-state index contributed by atoms with van der Waals surface area (Å²) in [5, 5.41) is 12.3. The van der Waals surface area contributed by atoms with Crippen molar-refractivity contribution in [1.29, 1.82) is 0 Å². The molecule has 0 fully saturated rings. The maximum atomic E-state index is 10.9. The van der Waals surface area contributed by atoms with Crippen LogP contribution < -0.4 is 10.1 Å². The van der Waals surface area contributed by atoms with Crippen LogP contribution in [0.3, 0.4) is 0 Å². The molecule has 0 radical (unpaired) electrons. The van der Waals surface area contributed by atoms with Gasteiger partial charge in [-0.15, -0.1) is 0 Å². The Labute approximate surface area is 129 Å². The van der Waals surface area contributed by atoms with Crippen molar-refractivity contribution in [1.82, 2.24) is 0 Å². The van der Waals surface area contributed by atoms with E-state index >= 15 is 0 Å². The SMILES string of the molecule is Cc1cc(Nc2ccc(C(=O)O)cc2)cc2c1OCC2(C)C. The van der Waals surface area contributed by atoms with E-state index in [1.54, 1.807) is 24.3 Å². The van der Waals surface area contributed by atoms with E-state index in [0.717, 1.165) is 22.7 Å². The molecule has 2 aromatic carbocycles. The van der Waals surface area contributed by atoms with Crippen molar-refractivity contribution in [2.75, 3.05) is 11.9 Å². The number of carbonyl (C=O) groups is 1. The standard InChI is InChI=1S/C18H19NO3/c1-11-8-14(9-15-16(11)22-10-18(15,2)3)19-13-6-4-12(5-7-13)17(20)21/h4-9,19H,10H2,1-3H3,(H,20,21). The van der Waals surface area contributed by atoms with Crippen LogP contribution in [0, 0.1) is 6.92 Å². The molecular formula is C18H19NO3. The lowest BCUT2D eigenvalue weighted by Gasteiger charge is -2.17. The topological polar surface area (TPSA) is 58.6 Å². The molecule has 0 bridgehead atoms. The van der Waals surface area contributed by atoms with Crippen molar-refractivity contribution in [2.45, 2.75) is 26.2 Å². The summed E-state index contributed by atoms with van der Waals surface area (Å²) in [6.07, 6.45) is 0. The van der Waals surface area contributed by atoms with Crippen molar-refractivity contribution in [3.8, 4) is 5.75 Å². The number of anilines is 2. The van der Waals surface area contributed by atoms with Gasteiger partial charge in [-0.25, -0.2) is 4.79 Å². The van der Waals surface area contributed by atoms with Gasteiger partial charge in [0.05, 0.1) is 12.2 Å². The average Bonchev–Trinajstić information content (AvgIpc) is 2.76. The van der Waals surface area contributed by atoms with Crippen LogP contribution in [0.2, 0.25) is 0 Å². The lowest BCUT2D eigenvalue weighted by atomic mass is 9.86. The largest absolute Gasteiger partial charge is 0.492 e. The number of fused-ring (bicyclic) bond motifs is 1. The zero-order valence-electron chi connectivity index (χ0n) is 12.9. The first kappa shape index (κ1) is 14.4. The molecule has 22 heavy (non-hydrogen) atoms. The molecule has 1 aliphatic heterocycles. The highest BCUT2D eigenvalue weighted by Gasteiger charge is 2.33. The molecule has 0 saturated carbocycles. The van der Waals surface area contributed by atoms with Gasteiger partial charge < -0.3 is 15.2 Å². The van der Waals surface area contributed by atoms with Crippen LogP contribution in [0.15, 0.2) is 36.4 Å². The van der Waals surface area contributed by atoms with Crippen LogP contribution in [0.25, 0.3) is 0 Å². The fourth-order valence-corrected chi connectivity index (χ4v) is 2.73. The summed E-state index contributed by atoms with van der Waals surface area (Å²) in [7, 11) is 0. The van der Waals surface area contributed by atoms with Gasteiger partial charge >= 0.3 is 5.97 Å². The molecule has 3 rings (SSSR count). The Hall–Kier alpha value is -2.49. The first-order valence-electron chi connectivity index (χ1n) is 7.25. The number of carboxylic acid groups (broad SMARTS) is 1. The van der Waals surface area contributed by atoms with Crippen LogP contribution >= 0.6 is 0 Å². The van der Waals surface area contributed by atoms with Gasteiger partial charge in [-0.1, -0.05) is 13.8 Å². The van der Waals surface area contributed by atoms with Crippen molar-refractivity contribution >= 4 is 17.3 Å². The Kier molecular flexibility index (Phi) is 3.32. The molecule has 0 aliphatic carbocycles. The van der Waals surface area contributed by atoms with E-state index in [4.69, 9.17) is 9.84 Å². The molecule has 1 heterocycles. The molecule has 0 amide bonds. The Balaban J connectivity index is 1.90. The molecule has 4 nitrogen and oxygen atoms in total. The Morgan fingerprint density at radius 2 is 1.86 bits per heavy atom. The quantitative estimate of drug-likeness (QED) is 0.895. The van der Waals surface area contributed by atoms with E-state index in [2.05, 4.69) is 25.2 Å². The highest BCUT2D eigenvalue weighted by Crippen LogP contribution is 2.42. The third kappa shape index (κ3) is 2.52. The van der Waals surface area contributed by atoms with E-state index in [-0.39, 0.29) is 11.0 Å². The zero-order chi connectivity index (χ0) is 15.9. The summed E-state index contributed by atoms with van der Waals surface area (Å²) in [5.41, 5.74) is 4.44. The van der Waals surface area contributed by atoms with Crippen molar-refractivity contribution in [3.05, 3.63) is 53.1 Å². The van der Waals surface area contributed by atoms with E-state index < -0.39 is 5.97 Å². The van der Waals surface area contributed by atoms with Crippen LogP contribution in [0.5, 0.6) is 5.75 Å². The molecule has 2 aromatic rings. The molecule has 1 aliphatic rings. The molecule has 0 saturated heterocycles. The van der Waals surface area contributed by atoms with Gasteiger partial charge in [0, 0.05) is 22.4 Å². The van der Waals surface area contributed by atoms with Crippen LogP contribution in [0.4, 0.5) is 11.4 Å². The summed E-state index contributed by atoms with van der Waals surface area (Å²) in [4.78, 5) is 10.9. The van der Waals surface area contributed by atoms with E-state index in [1.165, 1.54) is 5.56 Å². The maximum Gasteiger partial charge on any atom is 0.335 e. The van der Waals surface area contributed by atoms with Crippen molar-refractivity contribution in [3.63, 3.8) is 0 Å². The smallest absolute Gasteiger partial charge is 0.335 e. The van der Waals surface area contributed by atoms with Crippen molar-refractivity contribution in [2.24, 2.45) is 0 Å². The number of hydrogen-bond acceptors (Lipinski definition) is 3. The van der Waals surface area contributed by atoms with Gasteiger partial charge in [0.15, 0.2) is 0 Å². The van der Waals surface area contributed by atoms with Gasteiger partial charge in [-0.05, 0) is 48.9 Å². The number of rotatable bonds is 3. The summed E-state index contributed by atoms with van der Waals surface area (Å²) < 4.78 is 5.80. The number of ether oxygens (including phenoxy) is 1. The highest BCUT2D eigenvalue weighted by molar-refractivity contribution is 5.88. The number of carboxylic acids is 1. The van der Waals surface area contributed by atoms with E-state index in [9.17, 15) is 4.79 Å². The molecule has 0 spiro atoms. The number of hydrogen-bond donors (Lipinski definition) is 2.